The molecular formula is C15H16ClN3O2. The lowest BCUT2D eigenvalue weighted by molar-refractivity contribution is -0.137. The second kappa shape index (κ2) is 5.41. The zero-order valence-corrected chi connectivity index (χ0v) is 12.7. The zero-order valence-electron chi connectivity index (χ0n) is 11.9. The first-order valence-electron chi connectivity index (χ1n) is 6.70. The predicted octanol–water partition coefficient (Wildman–Crippen LogP) is 2.04. The maximum Gasteiger partial charge on any atom is 0.264 e. The Morgan fingerprint density at radius 1 is 1.57 bits per heavy atom. The molecule has 0 unspecified atom stereocenters. The number of likely N-dealkylation sites (N-methyl/N-ethyl adjacent to an activating group) is 1. The molecule has 1 atom stereocenters. The summed E-state index contributed by atoms with van der Waals surface area (Å²) >= 11 is 5.96. The number of benzene rings is 1. The van der Waals surface area contributed by atoms with Crippen LogP contribution in [0.15, 0.2) is 30.6 Å². The average molecular weight is 306 g/mol. The number of fused-ring (bicyclic) bond motifs is 1. The third-order valence-corrected chi connectivity index (χ3v) is 3.76. The van der Waals surface area contributed by atoms with Crippen molar-refractivity contribution < 1.29 is 9.53 Å². The van der Waals surface area contributed by atoms with Gasteiger partial charge >= 0.3 is 0 Å². The number of aromatic nitrogens is 2. The minimum absolute atomic E-state index is 0.0359. The number of ether oxygens (including phenoxy) is 1. The van der Waals surface area contributed by atoms with Crippen molar-refractivity contribution in [2.24, 2.45) is 7.05 Å². The van der Waals surface area contributed by atoms with E-state index >= 15 is 0 Å². The third kappa shape index (κ3) is 2.88. The quantitative estimate of drug-likeness (QED) is 0.872. The van der Waals surface area contributed by atoms with Crippen molar-refractivity contribution in [3.63, 3.8) is 0 Å². The third-order valence-electron chi connectivity index (χ3n) is 3.53. The fraction of sp³-hybridized carbons (Fsp3) is 0.333. The van der Waals surface area contributed by atoms with Crippen LogP contribution in [0.1, 0.15) is 11.1 Å². The molecule has 0 N–H and O–H groups in total. The van der Waals surface area contributed by atoms with E-state index in [-0.39, 0.29) is 5.91 Å². The smallest absolute Gasteiger partial charge is 0.264 e. The molecule has 1 amide bonds. The van der Waals surface area contributed by atoms with Crippen molar-refractivity contribution in [1.82, 2.24) is 14.7 Å². The highest BCUT2D eigenvalue weighted by molar-refractivity contribution is 6.30. The number of halogens is 1. The normalized spacial score (nSPS) is 16.4. The zero-order chi connectivity index (χ0) is 15.0. The van der Waals surface area contributed by atoms with Crippen LogP contribution in [0.3, 0.4) is 0 Å². The molecule has 0 bridgehead atoms. The summed E-state index contributed by atoms with van der Waals surface area (Å²) in [5.74, 6) is 0.707. The second-order valence-electron chi connectivity index (χ2n) is 5.28. The lowest BCUT2D eigenvalue weighted by atomic mass is 10.1. The topological polar surface area (TPSA) is 47.4 Å². The van der Waals surface area contributed by atoms with E-state index in [1.54, 1.807) is 28.9 Å². The van der Waals surface area contributed by atoms with Gasteiger partial charge in [0.2, 0.25) is 0 Å². The molecule has 110 valence electrons. The summed E-state index contributed by atoms with van der Waals surface area (Å²) in [4.78, 5) is 14.1. The highest BCUT2D eigenvalue weighted by Crippen LogP contribution is 2.31. The van der Waals surface area contributed by atoms with Gasteiger partial charge in [0, 0.05) is 43.8 Å². The molecule has 0 aliphatic carbocycles. The van der Waals surface area contributed by atoms with Crippen LogP contribution >= 0.6 is 11.6 Å². The Morgan fingerprint density at radius 3 is 3.10 bits per heavy atom. The van der Waals surface area contributed by atoms with Crippen LogP contribution in [-0.2, 0) is 24.8 Å². The molecule has 6 heteroatoms. The van der Waals surface area contributed by atoms with Gasteiger partial charge in [-0.1, -0.05) is 11.6 Å². The van der Waals surface area contributed by atoms with Crippen molar-refractivity contribution in [1.29, 1.82) is 0 Å². The van der Waals surface area contributed by atoms with Crippen LogP contribution in [-0.4, -0.2) is 33.7 Å². The maximum absolute atomic E-state index is 12.5. The van der Waals surface area contributed by atoms with Crippen LogP contribution in [0.25, 0.3) is 0 Å². The van der Waals surface area contributed by atoms with Gasteiger partial charge in [0.05, 0.1) is 6.20 Å². The SMILES string of the molecule is CN(Cc1cnn(C)c1)C(=O)[C@H]1Cc2cc(Cl)ccc2O1. The van der Waals surface area contributed by atoms with Gasteiger partial charge in [0.1, 0.15) is 5.75 Å². The number of rotatable bonds is 3. The molecule has 1 aliphatic rings. The molecule has 1 aliphatic heterocycles. The Morgan fingerprint density at radius 2 is 2.38 bits per heavy atom. The standard InChI is InChI=1S/C15H16ClN3O2/c1-18(8-10-7-17-19(2)9-10)15(20)14-6-11-5-12(16)3-4-13(11)21-14/h3-5,7,9,14H,6,8H2,1-2H3/t14-/m1/s1. The molecule has 0 radical (unpaired) electrons. The number of hydrogen-bond acceptors (Lipinski definition) is 3. The lowest BCUT2D eigenvalue weighted by Crippen LogP contribution is -2.38. The van der Waals surface area contributed by atoms with Crippen molar-refractivity contribution in [3.8, 4) is 5.75 Å². The molecule has 21 heavy (non-hydrogen) atoms. The Bertz CT molecular complexity index is 683. The molecule has 2 heterocycles. The fourth-order valence-corrected chi connectivity index (χ4v) is 2.70. The Labute approximate surface area is 128 Å². The summed E-state index contributed by atoms with van der Waals surface area (Å²) in [6, 6.07) is 5.43. The second-order valence-corrected chi connectivity index (χ2v) is 5.72. The Kier molecular flexibility index (Phi) is 3.59. The molecular weight excluding hydrogens is 290 g/mol. The van der Waals surface area contributed by atoms with E-state index < -0.39 is 6.10 Å². The summed E-state index contributed by atoms with van der Waals surface area (Å²) in [5.41, 5.74) is 1.97. The monoisotopic (exact) mass is 305 g/mol. The highest BCUT2D eigenvalue weighted by atomic mass is 35.5. The van der Waals surface area contributed by atoms with E-state index in [0.29, 0.717) is 18.0 Å². The summed E-state index contributed by atoms with van der Waals surface area (Å²) in [6.07, 6.45) is 3.74. The average Bonchev–Trinajstić information content (AvgIpc) is 3.03. The Balaban J connectivity index is 1.66. The van der Waals surface area contributed by atoms with Crippen LogP contribution < -0.4 is 4.74 Å². The van der Waals surface area contributed by atoms with E-state index in [1.165, 1.54) is 0 Å². The van der Waals surface area contributed by atoms with Gasteiger partial charge in [0.15, 0.2) is 6.10 Å². The summed E-state index contributed by atoms with van der Waals surface area (Å²) in [5, 5.41) is 4.76. The highest BCUT2D eigenvalue weighted by Gasteiger charge is 2.31. The number of carbonyl (C=O) groups is 1. The van der Waals surface area contributed by atoms with Crippen molar-refractivity contribution in [3.05, 3.63) is 46.7 Å². The predicted molar refractivity (Wildman–Crippen MR) is 79.3 cm³/mol. The largest absolute Gasteiger partial charge is 0.480 e. The number of aryl methyl sites for hydroxylation is 1. The maximum atomic E-state index is 12.5. The number of carbonyl (C=O) groups excluding carboxylic acids is 1. The van der Waals surface area contributed by atoms with E-state index in [1.807, 2.05) is 25.4 Å². The molecule has 0 saturated carbocycles. The van der Waals surface area contributed by atoms with Gasteiger partial charge in [-0.3, -0.25) is 9.48 Å². The number of amides is 1. The van der Waals surface area contributed by atoms with Crippen LogP contribution in [0.5, 0.6) is 5.75 Å². The van der Waals surface area contributed by atoms with E-state index in [9.17, 15) is 4.79 Å². The van der Waals surface area contributed by atoms with Crippen LogP contribution in [0.2, 0.25) is 5.02 Å². The molecule has 1 aromatic heterocycles. The molecule has 2 aromatic rings. The first-order valence-corrected chi connectivity index (χ1v) is 7.08. The minimum Gasteiger partial charge on any atom is -0.480 e. The number of nitrogens with zero attached hydrogens (tertiary/aromatic N) is 3. The van der Waals surface area contributed by atoms with Crippen LogP contribution in [0.4, 0.5) is 0 Å². The van der Waals surface area contributed by atoms with Gasteiger partial charge < -0.3 is 9.64 Å². The molecule has 1 aromatic carbocycles. The fourth-order valence-electron chi connectivity index (χ4n) is 2.51. The van der Waals surface area contributed by atoms with Gasteiger partial charge in [0.25, 0.3) is 5.91 Å². The van der Waals surface area contributed by atoms with Gasteiger partial charge in [-0.2, -0.15) is 5.10 Å². The van der Waals surface area contributed by atoms with Crippen molar-refractivity contribution >= 4 is 17.5 Å². The first kappa shape index (κ1) is 13.9. The van der Waals surface area contributed by atoms with Crippen molar-refractivity contribution in [2.75, 3.05) is 7.05 Å². The van der Waals surface area contributed by atoms with Gasteiger partial charge in [-0.15, -0.1) is 0 Å². The van der Waals surface area contributed by atoms with Crippen LogP contribution in [0, 0.1) is 0 Å². The Hall–Kier alpha value is -2.01. The molecule has 0 spiro atoms. The minimum atomic E-state index is -0.472. The summed E-state index contributed by atoms with van der Waals surface area (Å²) < 4.78 is 7.44. The molecule has 5 nitrogen and oxygen atoms in total. The lowest BCUT2D eigenvalue weighted by Gasteiger charge is -2.20. The number of hydrogen-bond donors (Lipinski definition) is 0. The molecule has 3 rings (SSSR count). The van der Waals surface area contributed by atoms with Gasteiger partial charge in [-0.05, 0) is 23.8 Å². The van der Waals surface area contributed by atoms with E-state index in [4.69, 9.17) is 16.3 Å². The van der Waals surface area contributed by atoms with Gasteiger partial charge in [-0.25, -0.2) is 0 Å². The summed E-state index contributed by atoms with van der Waals surface area (Å²) in [6.45, 7) is 0.517. The first-order chi connectivity index (χ1) is 10.0. The van der Waals surface area contributed by atoms with E-state index in [0.717, 1.165) is 16.9 Å². The van der Waals surface area contributed by atoms with E-state index in [2.05, 4.69) is 5.10 Å². The van der Waals surface area contributed by atoms with Crippen molar-refractivity contribution in [2.45, 2.75) is 19.1 Å². The summed E-state index contributed by atoms with van der Waals surface area (Å²) in [7, 11) is 3.63. The molecule has 0 saturated heterocycles. The molecule has 0 fully saturated rings.